The third-order valence-corrected chi connectivity index (χ3v) is 4.35. The number of carbonyl (C=O) groups is 1. The molecule has 1 fully saturated rings. The number of hydrogen-bond acceptors (Lipinski definition) is 4. The summed E-state index contributed by atoms with van der Waals surface area (Å²) in [6.07, 6.45) is 1.88. The van der Waals surface area contributed by atoms with Gasteiger partial charge in [0, 0.05) is 37.8 Å². The molecule has 5 nitrogen and oxygen atoms in total. The molecule has 1 aliphatic heterocycles. The Morgan fingerprint density at radius 2 is 2.00 bits per heavy atom. The third kappa shape index (κ3) is 4.69. The number of aliphatic hydroxyl groups excluding tert-OH is 1. The fourth-order valence-electron chi connectivity index (χ4n) is 2.91. The van der Waals surface area contributed by atoms with E-state index < -0.39 is 0 Å². The first-order valence-corrected chi connectivity index (χ1v) is 8.56. The van der Waals surface area contributed by atoms with E-state index in [1.807, 2.05) is 29.2 Å². The zero-order valence-corrected chi connectivity index (χ0v) is 14.2. The summed E-state index contributed by atoms with van der Waals surface area (Å²) >= 11 is 0. The molecule has 0 saturated carbocycles. The van der Waals surface area contributed by atoms with Crippen molar-refractivity contribution in [1.82, 2.24) is 9.80 Å². The van der Waals surface area contributed by atoms with Crippen LogP contribution in [0.2, 0.25) is 0 Å². The molecule has 1 aliphatic rings. The van der Waals surface area contributed by atoms with Crippen LogP contribution >= 0.6 is 0 Å². The van der Waals surface area contributed by atoms with Crippen LogP contribution in [-0.2, 0) is 0 Å². The summed E-state index contributed by atoms with van der Waals surface area (Å²) in [4.78, 5) is 16.8. The summed E-state index contributed by atoms with van der Waals surface area (Å²) < 4.78 is 5.60. The number of piperazine rings is 1. The van der Waals surface area contributed by atoms with Gasteiger partial charge in [-0.2, -0.15) is 0 Å². The molecule has 5 heteroatoms. The number of aliphatic hydroxyl groups is 1. The van der Waals surface area contributed by atoms with Gasteiger partial charge in [-0.25, -0.2) is 0 Å². The van der Waals surface area contributed by atoms with Gasteiger partial charge in [0.15, 0.2) is 0 Å². The maximum absolute atomic E-state index is 12.6. The van der Waals surface area contributed by atoms with Crippen molar-refractivity contribution in [2.75, 3.05) is 39.4 Å². The summed E-state index contributed by atoms with van der Waals surface area (Å²) in [5.41, 5.74) is 0.682. The maximum Gasteiger partial charge on any atom is 0.254 e. The Kier molecular flexibility index (Phi) is 6.86. The molecule has 1 heterocycles. The number of benzene rings is 1. The van der Waals surface area contributed by atoms with Crippen LogP contribution in [0.5, 0.6) is 5.75 Å². The summed E-state index contributed by atoms with van der Waals surface area (Å²) in [6, 6.07) is 7.63. The number of nitrogens with zero attached hydrogens (tertiary/aromatic N) is 2. The van der Waals surface area contributed by atoms with Gasteiger partial charge in [-0.05, 0) is 31.0 Å². The van der Waals surface area contributed by atoms with Crippen molar-refractivity contribution < 1.29 is 14.6 Å². The molecule has 1 unspecified atom stereocenters. The molecule has 1 saturated heterocycles. The number of hydrogen-bond donors (Lipinski definition) is 1. The number of ether oxygens (including phenoxy) is 1. The van der Waals surface area contributed by atoms with E-state index in [1.165, 1.54) is 0 Å². The van der Waals surface area contributed by atoms with Crippen LogP contribution in [0.3, 0.4) is 0 Å². The molecule has 1 aromatic rings. The molecule has 0 aromatic heterocycles. The summed E-state index contributed by atoms with van der Waals surface area (Å²) in [5.74, 6) is 0.811. The number of rotatable bonds is 7. The van der Waals surface area contributed by atoms with E-state index >= 15 is 0 Å². The van der Waals surface area contributed by atoms with E-state index in [1.54, 1.807) is 0 Å². The Bertz CT molecular complexity index is 495. The van der Waals surface area contributed by atoms with E-state index in [2.05, 4.69) is 18.7 Å². The van der Waals surface area contributed by atoms with Crippen molar-refractivity contribution in [3.63, 3.8) is 0 Å². The van der Waals surface area contributed by atoms with Gasteiger partial charge in [0.1, 0.15) is 5.75 Å². The highest BCUT2D eigenvalue weighted by atomic mass is 16.5. The minimum atomic E-state index is 0.0589. The first-order valence-electron chi connectivity index (χ1n) is 8.56. The van der Waals surface area contributed by atoms with Gasteiger partial charge >= 0.3 is 0 Å². The Hall–Kier alpha value is -1.59. The average molecular weight is 320 g/mol. The SMILES string of the molecule is CCCOc1cccc(C(=O)N2CCN(C(CC)CO)CC2)c1. The summed E-state index contributed by atoms with van der Waals surface area (Å²) in [5, 5.41) is 9.40. The number of amides is 1. The van der Waals surface area contributed by atoms with E-state index in [9.17, 15) is 9.90 Å². The van der Waals surface area contributed by atoms with E-state index in [4.69, 9.17) is 4.74 Å². The molecule has 0 spiro atoms. The zero-order chi connectivity index (χ0) is 16.7. The van der Waals surface area contributed by atoms with Crippen LogP contribution in [0.15, 0.2) is 24.3 Å². The van der Waals surface area contributed by atoms with Crippen LogP contribution in [-0.4, -0.2) is 66.2 Å². The van der Waals surface area contributed by atoms with Crippen LogP contribution in [0.1, 0.15) is 37.0 Å². The predicted molar refractivity (Wildman–Crippen MR) is 90.9 cm³/mol. The Labute approximate surface area is 138 Å². The zero-order valence-electron chi connectivity index (χ0n) is 14.2. The Morgan fingerprint density at radius 1 is 1.26 bits per heavy atom. The van der Waals surface area contributed by atoms with Crippen molar-refractivity contribution in [2.45, 2.75) is 32.7 Å². The smallest absolute Gasteiger partial charge is 0.254 e. The second-order valence-corrected chi connectivity index (χ2v) is 5.95. The lowest BCUT2D eigenvalue weighted by atomic mass is 10.1. The van der Waals surface area contributed by atoms with Gasteiger partial charge in [0.05, 0.1) is 13.2 Å². The third-order valence-electron chi connectivity index (χ3n) is 4.35. The normalized spacial score (nSPS) is 17.1. The van der Waals surface area contributed by atoms with Crippen LogP contribution in [0.4, 0.5) is 0 Å². The van der Waals surface area contributed by atoms with E-state index in [0.29, 0.717) is 25.3 Å². The fourth-order valence-corrected chi connectivity index (χ4v) is 2.91. The van der Waals surface area contributed by atoms with E-state index in [0.717, 1.165) is 31.7 Å². The lowest BCUT2D eigenvalue weighted by Crippen LogP contribution is -2.52. The van der Waals surface area contributed by atoms with Crippen LogP contribution < -0.4 is 4.74 Å². The van der Waals surface area contributed by atoms with Crippen LogP contribution in [0.25, 0.3) is 0 Å². The second-order valence-electron chi connectivity index (χ2n) is 5.95. The first kappa shape index (κ1) is 17.8. The molecular formula is C18H28N2O3. The Balaban J connectivity index is 1.94. The van der Waals surface area contributed by atoms with E-state index in [-0.39, 0.29) is 18.6 Å². The van der Waals surface area contributed by atoms with Crippen molar-refractivity contribution >= 4 is 5.91 Å². The second kappa shape index (κ2) is 8.89. The van der Waals surface area contributed by atoms with Gasteiger partial charge in [-0.15, -0.1) is 0 Å². The highest BCUT2D eigenvalue weighted by molar-refractivity contribution is 5.94. The lowest BCUT2D eigenvalue weighted by Gasteiger charge is -2.38. The predicted octanol–water partition coefficient (Wildman–Crippen LogP) is 2.00. The molecule has 1 amide bonds. The van der Waals surface area contributed by atoms with Crippen molar-refractivity contribution in [1.29, 1.82) is 0 Å². The summed E-state index contributed by atoms with van der Waals surface area (Å²) in [6.45, 7) is 8.03. The van der Waals surface area contributed by atoms with Crippen molar-refractivity contribution in [3.05, 3.63) is 29.8 Å². The lowest BCUT2D eigenvalue weighted by molar-refractivity contribution is 0.0472. The average Bonchev–Trinajstić information content (AvgIpc) is 2.61. The maximum atomic E-state index is 12.6. The molecule has 0 aliphatic carbocycles. The molecule has 1 N–H and O–H groups in total. The largest absolute Gasteiger partial charge is 0.494 e. The molecule has 0 radical (unpaired) electrons. The standard InChI is InChI=1S/C18H28N2O3/c1-3-12-23-17-7-5-6-15(13-17)18(22)20-10-8-19(9-11-20)16(4-2)14-21/h5-7,13,16,21H,3-4,8-12,14H2,1-2H3. The molecule has 0 bridgehead atoms. The highest BCUT2D eigenvalue weighted by Crippen LogP contribution is 2.17. The van der Waals surface area contributed by atoms with Crippen LogP contribution in [0, 0.1) is 0 Å². The van der Waals surface area contributed by atoms with Crippen molar-refractivity contribution in [2.24, 2.45) is 0 Å². The minimum absolute atomic E-state index is 0.0589. The first-order chi connectivity index (χ1) is 11.2. The van der Waals surface area contributed by atoms with Gasteiger partial charge in [0.2, 0.25) is 0 Å². The molecule has 23 heavy (non-hydrogen) atoms. The van der Waals surface area contributed by atoms with Gasteiger partial charge in [0.25, 0.3) is 5.91 Å². The molecule has 1 aromatic carbocycles. The molecule has 128 valence electrons. The molecular weight excluding hydrogens is 292 g/mol. The quantitative estimate of drug-likeness (QED) is 0.835. The minimum Gasteiger partial charge on any atom is -0.494 e. The van der Waals surface area contributed by atoms with Gasteiger partial charge in [-0.3, -0.25) is 9.69 Å². The van der Waals surface area contributed by atoms with Crippen molar-refractivity contribution in [3.8, 4) is 5.75 Å². The highest BCUT2D eigenvalue weighted by Gasteiger charge is 2.25. The van der Waals surface area contributed by atoms with Gasteiger partial charge < -0.3 is 14.7 Å². The number of carbonyl (C=O) groups excluding carboxylic acids is 1. The van der Waals surface area contributed by atoms with Gasteiger partial charge in [-0.1, -0.05) is 19.9 Å². The fraction of sp³-hybridized carbons (Fsp3) is 0.611. The molecule has 2 rings (SSSR count). The Morgan fingerprint density at radius 3 is 2.61 bits per heavy atom. The summed E-state index contributed by atoms with van der Waals surface area (Å²) in [7, 11) is 0. The topological polar surface area (TPSA) is 53.0 Å². The molecule has 1 atom stereocenters. The monoisotopic (exact) mass is 320 g/mol.